The Hall–Kier alpha value is -3.33. The lowest BCUT2D eigenvalue weighted by molar-refractivity contribution is -0.120. The van der Waals surface area contributed by atoms with E-state index in [0.29, 0.717) is 17.1 Å². The third kappa shape index (κ3) is 4.26. The highest BCUT2D eigenvalue weighted by Crippen LogP contribution is 2.27. The molecule has 2 amide bonds. The molecule has 2 aromatic heterocycles. The van der Waals surface area contributed by atoms with Crippen LogP contribution in [0.5, 0.6) is 11.5 Å². The summed E-state index contributed by atoms with van der Waals surface area (Å²) < 4.78 is 11.4. The van der Waals surface area contributed by atoms with E-state index in [4.69, 9.17) is 9.47 Å². The summed E-state index contributed by atoms with van der Waals surface area (Å²) in [7, 11) is 3.00. The van der Waals surface area contributed by atoms with Gasteiger partial charge in [0.15, 0.2) is 11.5 Å². The van der Waals surface area contributed by atoms with Crippen molar-refractivity contribution >= 4 is 39.6 Å². The van der Waals surface area contributed by atoms with Crippen LogP contribution in [0.15, 0.2) is 40.9 Å². The maximum absolute atomic E-state index is 12.2. The summed E-state index contributed by atoms with van der Waals surface area (Å²) in [5.74, 6) is 0.121. The van der Waals surface area contributed by atoms with Gasteiger partial charge in [0.2, 0.25) is 0 Å². The van der Waals surface area contributed by atoms with Crippen molar-refractivity contribution < 1.29 is 19.1 Å². The standard InChI is InChI=1S/C18H18N4O4S/c1-25-13-4-3-11(7-14(13)26-2)18(24)20-9-16(23)22-21-8-12-10-27-15-5-6-19-17(12)15/h3-8,10,19H,9H2,1-2H3,(H,20,24)(H,22,23). The Kier molecular flexibility index (Phi) is 5.72. The van der Waals surface area contributed by atoms with Gasteiger partial charge in [-0.2, -0.15) is 5.10 Å². The Balaban J connectivity index is 1.52. The molecule has 9 heteroatoms. The smallest absolute Gasteiger partial charge is 0.259 e. The van der Waals surface area contributed by atoms with Gasteiger partial charge in [-0.1, -0.05) is 0 Å². The summed E-state index contributed by atoms with van der Waals surface area (Å²) in [6, 6.07) is 6.73. The number of fused-ring (bicyclic) bond motifs is 1. The van der Waals surface area contributed by atoms with E-state index in [1.807, 2.05) is 17.6 Å². The molecule has 0 saturated carbocycles. The number of thiophene rings is 1. The summed E-state index contributed by atoms with van der Waals surface area (Å²) in [6.07, 6.45) is 3.41. The van der Waals surface area contributed by atoms with Crippen molar-refractivity contribution in [3.63, 3.8) is 0 Å². The maximum Gasteiger partial charge on any atom is 0.259 e. The third-order valence-electron chi connectivity index (χ3n) is 3.76. The average Bonchev–Trinajstić information content (AvgIpc) is 3.30. The number of methoxy groups -OCH3 is 2. The molecule has 27 heavy (non-hydrogen) atoms. The Labute approximate surface area is 159 Å². The average molecular weight is 386 g/mol. The molecule has 140 valence electrons. The van der Waals surface area contributed by atoms with Crippen LogP contribution >= 0.6 is 11.3 Å². The summed E-state index contributed by atoms with van der Waals surface area (Å²) >= 11 is 1.59. The number of carbonyl (C=O) groups is 2. The second-order valence-corrected chi connectivity index (χ2v) is 6.36. The fourth-order valence-corrected chi connectivity index (χ4v) is 3.29. The number of benzene rings is 1. The Morgan fingerprint density at radius 1 is 1.22 bits per heavy atom. The first-order valence-corrected chi connectivity index (χ1v) is 8.87. The zero-order valence-corrected chi connectivity index (χ0v) is 15.6. The summed E-state index contributed by atoms with van der Waals surface area (Å²) in [4.78, 5) is 27.1. The van der Waals surface area contributed by atoms with Gasteiger partial charge in [0.1, 0.15) is 0 Å². The molecule has 0 fully saturated rings. The molecule has 0 saturated heterocycles. The lowest BCUT2D eigenvalue weighted by Gasteiger charge is -2.09. The molecule has 3 rings (SSSR count). The van der Waals surface area contributed by atoms with Crippen molar-refractivity contribution in [1.82, 2.24) is 15.7 Å². The number of amides is 2. The monoisotopic (exact) mass is 386 g/mol. The summed E-state index contributed by atoms with van der Waals surface area (Å²) in [5, 5.41) is 8.39. The molecule has 3 aromatic rings. The van der Waals surface area contributed by atoms with Crippen LogP contribution in [0, 0.1) is 0 Å². The van der Waals surface area contributed by atoms with Gasteiger partial charge in [0.25, 0.3) is 11.8 Å². The normalized spacial score (nSPS) is 10.9. The van der Waals surface area contributed by atoms with E-state index in [1.165, 1.54) is 14.2 Å². The van der Waals surface area contributed by atoms with Crippen molar-refractivity contribution in [2.45, 2.75) is 0 Å². The van der Waals surface area contributed by atoms with Gasteiger partial charge >= 0.3 is 0 Å². The van der Waals surface area contributed by atoms with E-state index >= 15 is 0 Å². The molecule has 1 aromatic carbocycles. The fraction of sp³-hybridized carbons (Fsp3) is 0.167. The Morgan fingerprint density at radius 3 is 2.81 bits per heavy atom. The minimum Gasteiger partial charge on any atom is -0.493 e. The molecule has 0 aliphatic carbocycles. The number of nitrogens with zero attached hydrogens (tertiary/aromatic N) is 1. The molecule has 3 N–H and O–H groups in total. The van der Waals surface area contributed by atoms with Crippen molar-refractivity contribution in [1.29, 1.82) is 0 Å². The number of nitrogens with one attached hydrogen (secondary N) is 3. The van der Waals surface area contributed by atoms with E-state index < -0.39 is 11.8 Å². The molecule has 0 bridgehead atoms. The van der Waals surface area contributed by atoms with Gasteiger partial charge in [-0.15, -0.1) is 11.3 Å². The number of rotatable bonds is 7. The van der Waals surface area contributed by atoms with Crippen LogP contribution in [-0.4, -0.2) is 43.8 Å². The lowest BCUT2D eigenvalue weighted by Crippen LogP contribution is -2.34. The molecule has 0 spiro atoms. The molecule has 0 radical (unpaired) electrons. The fourth-order valence-electron chi connectivity index (χ4n) is 2.41. The number of hydrazone groups is 1. The van der Waals surface area contributed by atoms with E-state index in [9.17, 15) is 9.59 Å². The molecular formula is C18H18N4O4S. The van der Waals surface area contributed by atoms with Crippen LogP contribution in [0.2, 0.25) is 0 Å². The summed E-state index contributed by atoms with van der Waals surface area (Å²) in [5.41, 5.74) is 4.60. The second kappa shape index (κ2) is 8.37. The van der Waals surface area contributed by atoms with Crippen LogP contribution < -0.4 is 20.2 Å². The number of H-pyrrole nitrogens is 1. The van der Waals surface area contributed by atoms with Gasteiger partial charge in [0.05, 0.1) is 37.2 Å². The number of hydrogen-bond donors (Lipinski definition) is 3. The number of aromatic nitrogens is 1. The van der Waals surface area contributed by atoms with Crippen molar-refractivity contribution in [2.75, 3.05) is 20.8 Å². The predicted octanol–water partition coefficient (Wildman–Crippen LogP) is 2.13. The molecule has 0 aliphatic rings. The highest BCUT2D eigenvalue weighted by atomic mass is 32.1. The number of aromatic amines is 1. The molecule has 0 unspecified atom stereocenters. The molecular weight excluding hydrogens is 368 g/mol. The lowest BCUT2D eigenvalue weighted by atomic mass is 10.2. The molecule has 0 atom stereocenters. The van der Waals surface area contributed by atoms with Crippen molar-refractivity contribution in [3.8, 4) is 11.5 Å². The van der Waals surface area contributed by atoms with Crippen LogP contribution in [0.1, 0.15) is 15.9 Å². The molecule has 8 nitrogen and oxygen atoms in total. The van der Waals surface area contributed by atoms with E-state index in [-0.39, 0.29) is 6.54 Å². The van der Waals surface area contributed by atoms with Gasteiger partial charge in [-0.05, 0) is 24.3 Å². The Morgan fingerprint density at radius 2 is 2.04 bits per heavy atom. The highest BCUT2D eigenvalue weighted by Gasteiger charge is 2.11. The van der Waals surface area contributed by atoms with E-state index in [1.54, 1.807) is 35.8 Å². The quantitative estimate of drug-likeness (QED) is 0.427. The molecule has 2 heterocycles. The minimum atomic E-state index is -0.432. The van der Waals surface area contributed by atoms with Crippen LogP contribution in [0.3, 0.4) is 0 Å². The number of hydrogen-bond acceptors (Lipinski definition) is 6. The van der Waals surface area contributed by atoms with Gasteiger partial charge < -0.3 is 19.8 Å². The first kappa shape index (κ1) is 18.5. The maximum atomic E-state index is 12.2. The van der Waals surface area contributed by atoms with Crippen LogP contribution in [0.25, 0.3) is 10.2 Å². The molecule has 0 aliphatic heterocycles. The minimum absolute atomic E-state index is 0.202. The first-order valence-electron chi connectivity index (χ1n) is 7.99. The summed E-state index contributed by atoms with van der Waals surface area (Å²) in [6.45, 7) is -0.202. The SMILES string of the molecule is COc1ccc(C(=O)NCC(=O)NN=Cc2csc3cc[nH]c23)cc1OC. The third-order valence-corrected chi connectivity index (χ3v) is 4.72. The van der Waals surface area contributed by atoms with Gasteiger partial charge in [-0.3, -0.25) is 9.59 Å². The number of ether oxygens (including phenoxy) is 2. The van der Waals surface area contributed by atoms with Crippen molar-refractivity contribution in [3.05, 3.63) is 47.0 Å². The van der Waals surface area contributed by atoms with E-state index in [0.717, 1.165) is 15.8 Å². The number of carbonyl (C=O) groups excluding carboxylic acids is 2. The zero-order chi connectivity index (χ0) is 19.2. The van der Waals surface area contributed by atoms with Gasteiger partial charge in [-0.25, -0.2) is 5.43 Å². The first-order chi connectivity index (χ1) is 13.1. The largest absolute Gasteiger partial charge is 0.493 e. The van der Waals surface area contributed by atoms with E-state index in [2.05, 4.69) is 20.8 Å². The van der Waals surface area contributed by atoms with Crippen LogP contribution in [-0.2, 0) is 4.79 Å². The topological polar surface area (TPSA) is 105 Å². The second-order valence-electron chi connectivity index (χ2n) is 5.45. The van der Waals surface area contributed by atoms with Crippen LogP contribution in [0.4, 0.5) is 0 Å². The predicted molar refractivity (Wildman–Crippen MR) is 104 cm³/mol. The zero-order valence-electron chi connectivity index (χ0n) is 14.7. The Bertz CT molecular complexity index is 992. The highest BCUT2D eigenvalue weighted by molar-refractivity contribution is 7.17. The van der Waals surface area contributed by atoms with Gasteiger partial charge in [0, 0.05) is 22.7 Å². The van der Waals surface area contributed by atoms with Crippen molar-refractivity contribution in [2.24, 2.45) is 5.10 Å².